The minimum atomic E-state index is -1.63. The zero-order valence-electron chi connectivity index (χ0n) is 19.8. The molecule has 4 heterocycles. The number of rotatable bonds is 5. The van der Waals surface area contributed by atoms with Gasteiger partial charge in [-0.3, -0.25) is 19.9 Å². The van der Waals surface area contributed by atoms with Crippen LogP contribution in [-0.2, 0) is 11.3 Å². The number of aromatic nitrogens is 5. The van der Waals surface area contributed by atoms with Crippen LogP contribution in [-0.4, -0.2) is 67.1 Å². The third kappa shape index (κ3) is 4.11. The number of ether oxygens (including phenoxy) is 1. The molecule has 1 aromatic carbocycles. The molecule has 2 N–H and O–H groups in total. The minimum absolute atomic E-state index is 0.0482. The molecule has 0 unspecified atom stereocenters. The number of urea groups is 1. The summed E-state index contributed by atoms with van der Waals surface area (Å²) in [5, 5.41) is 17.2. The Morgan fingerprint density at radius 1 is 1.19 bits per heavy atom. The third-order valence-corrected chi connectivity index (χ3v) is 5.87. The van der Waals surface area contributed by atoms with E-state index in [0.717, 1.165) is 5.56 Å². The van der Waals surface area contributed by atoms with E-state index in [1.54, 1.807) is 30.5 Å². The number of carbonyl (C=O) groups excluding carboxylic acids is 3. The highest BCUT2D eigenvalue weighted by Gasteiger charge is 2.48. The molecule has 0 aliphatic carbocycles. The van der Waals surface area contributed by atoms with Gasteiger partial charge < -0.3 is 15.0 Å². The second-order valence-electron chi connectivity index (χ2n) is 8.74. The molecule has 12 heteroatoms. The normalized spacial score (nSPS) is 18.6. The monoisotopic (exact) mass is 486 g/mol. The number of nitrogens with one attached hydrogen (secondary N) is 2. The molecule has 0 spiro atoms. The first-order valence-corrected chi connectivity index (χ1v) is 11.2. The average molecular weight is 486 g/mol. The van der Waals surface area contributed by atoms with E-state index in [-0.39, 0.29) is 25.0 Å². The van der Waals surface area contributed by atoms with Crippen molar-refractivity contribution in [3.63, 3.8) is 0 Å². The molecule has 0 radical (unpaired) electrons. The molecule has 0 bridgehead atoms. The molecule has 36 heavy (non-hydrogen) atoms. The number of hydrogen-bond acceptors (Lipinski definition) is 8. The van der Waals surface area contributed by atoms with E-state index >= 15 is 0 Å². The van der Waals surface area contributed by atoms with Gasteiger partial charge in [0.05, 0.1) is 19.7 Å². The van der Waals surface area contributed by atoms with Crippen LogP contribution in [0.5, 0.6) is 5.75 Å². The van der Waals surface area contributed by atoms with Gasteiger partial charge in [0.2, 0.25) is 11.4 Å². The number of carbonyl (C=O) groups is 3. The van der Waals surface area contributed by atoms with Gasteiger partial charge in [0.1, 0.15) is 5.75 Å². The van der Waals surface area contributed by atoms with E-state index in [9.17, 15) is 14.4 Å². The highest BCUT2D eigenvalue weighted by atomic mass is 16.5. The highest BCUT2D eigenvalue weighted by Crippen LogP contribution is 2.28. The number of hydrogen-bond donors (Lipinski definition) is 2. The average Bonchev–Trinajstić information content (AvgIpc) is 3.55. The summed E-state index contributed by atoms with van der Waals surface area (Å²) in [4.78, 5) is 45.1. The molecular weight excluding hydrogens is 464 g/mol. The van der Waals surface area contributed by atoms with Crippen LogP contribution in [0.4, 0.5) is 4.79 Å². The minimum Gasteiger partial charge on any atom is -0.497 e. The van der Waals surface area contributed by atoms with E-state index in [4.69, 9.17) is 4.74 Å². The van der Waals surface area contributed by atoms with Crippen molar-refractivity contribution in [3.8, 4) is 29.0 Å². The second-order valence-corrected chi connectivity index (χ2v) is 8.74. The Balaban J connectivity index is 1.44. The topological polar surface area (TPSA) is 144 Å². The lowest BCUT2D eigenvalue weighted by atomic mass is 9.99. The van der Waals surface area contributed by atoms with Crippen molar-refractivity contribution in [1.29, 1.82) is 0 Å². The number of benzene rings is 1. The number of amides is 4. The molecule has 4 amide bonds. The van der Waals surface area contributed by atoms with E-state index in [0.29, 0.717) is 28.3 Å². The zero-order valence-corrected chi connectivity index (χ0v) is 19.8. The SMILES string of the molecule is COc1ccc2c(c1)C(=O)N(C[C@@]1(C#Cc3cncc(-c4nnn(C(C)C)n4)c3)NC(=O)NC1=O)C2. The van der Waals surface area contributed by atoms with E-state index in [1.807, 2.05) is 13.8 Å². The number of pyridine rings is 1. The number of nitrogens with zero attached hydrogens (tertiary/aromatic N) is 6. The molecule has 3 aromatic rings. The van der Waals surface area contributed by atoms with Crippen LogP contribution in [0.15, 0.2) is 36.7 Å². The molecule has 2 aromatic heterocycles. The van der Waals surface area contributed by atoms with Crippen LogP contribution in [0.3, 0.4) is 0 Å². The predicted octanol–water partition coefficient (Wildman–Crippen LogP) is 0.910. The fourth-order valence-electron chi connectivity index (χ4n) is 3.98. The summed E-state index contributed by atoms with van der Waals surface area (Å²) in [6.07, 6.45) is 3.11. The summed E-state index contributed by atoms with van der Waals surface area (Å²) in [5.41, 5.74) is 0.728. The van der Waals surface area contributed by atoms with Crippen LogP contribution in [0.2, 0.25) is 0 Å². The lowest BCUT2D eigenvalue weighted by Gasteiger charge is -2.26. The van der Waals surface area contributed by atoms with Gasteiger partial charge >= 0.3 is 6.03 Å². The lowest BCUT2D eigenvalue weighted by Crippen LogP contribution is -2.54. The quantitative estimate of drug-likeness (QED) is 0.400. The van der Waals surface area contributed by atoms with Crippen LogP contribution in [0.1, 0.15) is 41.4 Å². The summed E-state index contributed by atoms with van der Waals surface area (Å²) < 4.78 is 5.22. The fraction of sp³-hybridized carbons (Fsp3) is 0.292. The van der Waals surface area contributed by atoms with Crippen LogP contribution >= 0.6 is 0 Å². The second kappa shape index (κ2) is 8.77. The van der Waals surface area contributed by atoms with Crippen molar-refractivity contribution in [3.05, 3.63) is 53.3 Å². The number of imide groups is 1. The standard InChI is InChI=1S/C24H22N8O4/c1-14(2)32-29-20(28-30-32)17-8-15(10-25-11-17)6-7-24(22(34)26-23(35)27-24)13-31-12-16-4-5-18(36-3)9-19(16)21(31)33/h4-5,8-11,14H,12-13H2,1-3H3,(H2,26,27,34,35)/t24-/m1/s1. The smallest absolute Gasteiger partial charge is 0.323 e. The zero-order chi connectivity index (χ0) is 25.4. The van der Waals surface area contributed by atoms with Gasteiger partial charge in [0, 0.05) is 35.6 Å². The molecule has 0 saturated carbocycles. The summed E-state index contributed by atoms with van der Waals surface area (Å²) in [5.74, 6) is 5.83. The first-order valence-electron chi connectivity index (χ1n) is 11.2. The molecule has 2 aliphatic heterocycles. The van der Waals surface area contributed by atoms with Gasteiger partial charge in [0.25, 0.3) is 11.8 Å². The van der Waals surface area contributed by atoms with Gasteiger partial charge in [-0.1, -0.05) is 17.9 Å². The van der Waals surface area contributed by atoms with Gasteiger partial charge in [-0.15, -0.1) is 10.2 Å². The van der Waals surface area contributed by atoms with Gasteiger partial charge in [-0.05, 0) is 42.8 Å². The molecule has 12 nitrogen and oxygen atoms in total. The maximum atomic E-state index is 13.1. The number of fused-ring (bicyclic) bond motifs is 1. The number of methoxy groups -OCH3 is 1. The summed E-state index contributed by atoms with van der Waals surface area (Å²) in [7, 11) is 1.52. The van der Waals surface area contributed by atoms with Crippen LogP contribution < -0.4 is 15.4 Å². The Hall–Kier alpha value is -4.79. The maximum absolute atomic E-state index is 13.1. The summed E-state index contributed by atoms with van der Waals surface area (Å²) >= 11 is 0. The van der Waals surface area contributed by atoms with Crippen LogP contribution in [0.25, 0.3) is 11.4 Å². The maximum Gasteiger partial charge on any atom is 0.323 e. The van der Waals surface area contributed by atoms with Crippen molar-refractivity contribution < 1.29 is 19.1 Å². The van der Waals surface area contributed by atoms with Gasteiger partial charge in [-0.2, -0.15) is 4.80 Å². The van der Waals surface area contributed by atoms with Gasteiger partial charge in [-0.25, -0.2) is 4.79 Å². The summed E-state index contributed by atoms with van der Waals surface area (Å²) in [6.45, 7) is 4.02. The largest absolute Gasteiger partial charge is 0.497 e. The number of tetrazole rings is 1. The molecule has 2 aliphatic rings. The molecule has 1 fully saturated rings. The fourth-order valence-corrected chi connectivity index (χ4v) is 3.98. The molecular formula is C24H22N8O4. The first-order chi connectivity index (χ1) is 17.3. The Morgan fingerprint density at radius 2 is 2.03 bits per heavy atom. The van der Waals surface area contributed by atoms with Crippen molar-refractivity contribution in [2.24, 2.45) is 0 Å². The Kier molecular flexibility index (Phi) is 5.60. The van der Waals surface area contributed by atoms with E-state index < -0.39 is 17.5 Å². The molecule has 5 rings (SSSR count). The van der Waals surface area contributed by atoms with Crippen molar-refractivity contribution in [2.75, 3.05) is 13.7 Å². The van der Waals surface area contributed by atoms with Crippen molar-refractivity contribution in [2.45, 2.75) is 32.0 Å². The highest BCUT2D eigenvalue weighted by molar-refractivity contribution is 6.10. The van der Waals surface area contributed by atoms with Crippen molar-refractivity contribution >= 4 is 17.8 Å². The predicted molar refractivity (Wildman–Crippen MR) is 125 cm³/mol. The van der Waals surface area contributed by atoms with Gasteiger partial charge in [0.15, 0.2) is 0 Å². The lowest BCUT2D eigenvalue weighted by molar-refractivity contribution is -0.122. The first kappa shape index (κ1) is 23.0. The molecule has 182 valence electrons. The van der Waals surface area contributed by atoms with Crippen LogP contribution in [0, 0.1) is 11.8 Å². The van der Waals surface area contributed by atoms with Crippen molar-refractivity contribution in [1.82, 2.24) is 40.7 Å². The molecule has 1 atom stereocenters. The Labute approximate surface area is 206 Å². The Morgan fingerprint density at radius 3 is 2.72 bits per heavy atom. The third-order valence-electron chi connectivity index (χ3n) is 5.87. The molecule has 1 saturated heterocycles. The van der Waals surface area contributed by atoms with E-state index in [2.05, 4.69) is 42.9 Å². The Bertz CT molecular complexity index is 1450. The van der Waals surface area contributed by atoms with E-state index in [1.165, 1.54) is 23.0 Å². The summed E-state index contributed by atoms with van der Waals surface area (Å²) in [6, 6.07) is 6.31.